The lowest BCUT2D eigenvalue weighted by Crippen LogP contribution is -2.51. The van der Waals surface area contributed by atoms with Crippen LogP contribution in [0.4, 0.5) is 4.39 Å². The average Bonchev–Trinajstić information content (AvgIpc) is 3.59. The van der Waals surface area contributed by atoms with Gasteiger partial charge in [0.05, 0.1) is 25.1 Å². The van der Waals surface area contributed by atoms with Gasteiger partial charge in [0.1, 0.15) is 17.0 Å². The number of phenols is 1. The molecule has 2 aliphatic rings. The van der Waals surface area contributed by atoms with Crippen molar-refractivity contribution in [3.63, 3.8) is 0 Å². The number of ether oxygens (including phenoxy) is 1. The van der Waals surface area contributed by atoms with Gasteiger partial charge in [0.15, 0.2) is 11.6 Å². The molecule has 4 aromatic rings. The lowest BCUT2D eigenvalue weighted by molar-refractivity contribution is 0.0577. The van der Waals surface area contributed by atoms with Crippen molar-refractivity contribution in [3.05, 3.63) is 59.7 Å². The lowest BCUT2D eigenvalue weighted by atomic mass is 9.96. The number of hydrogen-bond acceptors (Lipinski definition) is 6. The maximum Gasteiger partial charge on any atom is 0.159 e. The predicted molar refractivity (Wildman–Crippen MR) is 146 cm³/mol. The maximum absolute atomic E-state index is 15.7. The van der Waals surface area contributed by atoms with Crippen LogP contribution in [-0.2, 0) is 11.2 Å². The Hall–Kier alpha value is -3.53. The molecule has 2 aromatic heterocycles. The van der Waals surface area contributed by atoms with Gasteiger partial charge in [0, 0.05) is 42.7 Å². The monoisotopic (exact) mass is 516 g/mol. The van der Waals surface area contributed by atoms with Crippen molar-refractivity contribution in [2.24, 2.45) is 0 Å². The van der Waals surface area contributed by atoms with Crippen molar-refractivity contribution in [3.8, 4) is 28.4 Å². The third kappa shape index (κ3) is 4.62. The van der Waals surface area contributed by atoms with Gasteiger partial charge in [-0.1, -0.05) is 25.1 Å². The number of rotatable bonds is 6. The quantitative estimate of drug-likeness (QED) is 0.301. The first-order valence-corrected chi connectivity index (χ1v) is 13.3. The molecule has 1 saturated heterocycles. The molecule has 4 heterocycles. The van der Waals surface area contributed by atoms with Crippen molar-refractivity contribution >= 4 is 16.5 Å². The van der Waals surface area contributed by atoms with Crippen molar-refractivity contribution in [1.82, 2.24) is 30.4 Å². The molecular weight excluding hydrogens is 483 g/mol. The summed E-state index contributed by atoms with van der Waals surface area (Å²) in [7, 11) is 0. The normalized spacial score (nSPS) is 20.7. The van der Waals surface area contributed by atoms with E-state index in [4.69, 9.17) is 4.74 Å². The summed E-state index contributed by atoms with van der Waals surface area (Å²) in [5, 5.41) is 21.4. The SMILES string of the molecule is CCc1cc(O)ccc1-c1ccc2c(-c3ncc(C4=CC[C@H](C)N(C[C@H]5COCCN5)C4)[nH]3)[nH]nc2c1F. The molecule has 2 aliphatic heterocycles. The van der Waals surface area contributed by atoms with Crippen molar-refractivity contribution in [2.45, 2.75) is 38.8 Å². The molecule has 0 spiro atoms. The molecule has 4 N–H and O–H groups in total. The number of imidazole rings is 1. The third-order valence-corrected chi connectivity index (χ3v) is 7.74. The Morgan fingerprint density at radius 3 is 2.89 bits per heavy atom. The van der Waals surface area contributed by atoms with Gasteiger partial charge in [-0.25, -0.2) is 9.37 Å². The van der Waals surface area contributed by atoms with E-state index in [1.54, 1.807) is 24.3 Å². The first-order chi connectivity index (χ1) is 18.5. The number of nitrogens with zero attached hydrogens (tertiary/aromatic N) is 3. The Balaban J connectivity index is 1.26. The van der Waals surface area contributed by atoms with E-state index in [-0.39, 0.29) is 11.3 Å². The van der Waals surface area contributed by atoms with Gasteiger partial charge < -0.3 is 20.1 Å². The van der Waals surface area contributed by atoms with Crippen molar-refractivity contribution in [1.29, 1.82) is 0 Å². The molecular formula is C29H33FN6O2. The summed E-state index contributed by atoms with van der Waals surface area (Å²) in [6, 6.07) is 9.47. The first-order valence-electron chi connectivity index (χ1n) is 13.3. The number of aromatic hydroxyl groups is 1. The largest absolute Gasteiger partial charge is 0.508 e. The molecule has 0 radical (unpaired) electrons. The minimum Gasteiger partial charge on any atom is -0.508 e. The number of nitrogens with one attached hydrogen (secondary N) is 3. The molecule has 198 valence electrons. The first kappa shape index (κ1) is 24.8. The molecule has 2 atom stereocenters. The molecule has 38 heavy (non-hydrogen) atoms. The van der Waals surface area contributed by atoms with Gasteiger partial charge in [-0.05, 0) is 54.7 Å². The molecule has 0 unspecified atom stereocenters. The summed E-state index contributed by atoms with van der Waals surface area (Å²) in [5.41, 5.74) is 5.19. The number of hydrogen-bond donors (Lipinski definition) is 4. The van der Waals surface area contributed by atoms with E-state index in [0.717, 1.165) is 56.1 Å². The Labute approximate surface area is 220 Å². The molecule has 6 rings (SSSR count). The number of halogens is 1. The summed E-state index contributed by atoms with van der Waals surface area (Å²) in [6.45, 7) is 8.43. The summed E-state index contributed by atoms with van der Waals surface area (Å²) in [4.78, 5) is 10.5. The van der Waals surface area contributed by atoms with E-state index in [2.05, 4.69) is 43.4 Å². The number of morpholine rings is 1. The second-order valence-corrected chi connectivity index (χ2v) is 10.2. The zero-order valence-corrected chi connectivity index (χ0v) is 21.7. The van der Waals surface area contributed by atoms with Gasteiger partial charge in [0.2, 0.25) is 0 Å². The highest BCUT2D eigenvalue weighted by Gasteiger charge is 2.26. The zero-order chi connectivity index (χ0) is 26.2. The third-order valence-electron chi connectivity index (χ3n) is 7.74. The Kier molecular flexibility index (Phi) is 6.73. The molecule has 0 saturated carbocycles. The van der Waals surface area contributed by atoms with E-state index in [0.29, 0.717) is 41.0 Å². The van der Waals surface area contributed by atoms with Gasteiger partial charge in [-0.3, -0.25) is 10.00 Å². The molecule has 8 nitrogen and oxygen atoms in total. The van der Waals surface area contributed by atoms with E-state index in [1.165, 1.54) is 5.57 Å². The van der Waals surface area contributed by atoms with Crippen LogP contribution in [0, 0.1) is 5.82 Å². The number of aromatic amines is 2. The fourth-order valence-corrected chi connectivity index (χ4v) is 5.54. The molecule has 0 amide bonds. The van der Waals surface area contributed by atoms with Crippen LogP contribution in [0.1, 0.15) is 31.5 Å². The predicted octanol–water partition coefficient (Wildman–Crippen LogP) is 4.49. The number of H-pyrrole nitrogens is 2. The Morgan fingerprint density at radius 2 is 2.08 bits per heavy atom. The number of aromatic nitrogens is 4. The van der Waals surface area contributed by atoms with Crippen LogP contribution in [0.2, 0.25) is 0 Å². The second-order valence-electron chi connectivity index (χ2n) is 10.2. The van der Waals surface area contributed by atoms with Gasteiger partial charge >= 0.3 is 0 Å². The van der Waals surface area contributed by atoms with Crippen LogP contribution in [0.5, 0.6) is 5.75 Å². The number of aryl methyl sites for hydroxylation is 1. The minimum absolute atomic E-state index is 0.174. The summed E-state index contributed by atoms with van der Waals surface area (Å²) in [6.07, 6.45) is 5.77. The minimum atomic E-state index is -0.392. The lowest BCUT2D eigenvalue weighted by Gasteiger charge is -2.37. The zero-order valence-electron chi connectivity index (χ0n) is 21.7. The highest BCUT2D eigenvalue weighted by molar-refractivity contribution is 5.95. The van der Waals surface area contributed by atoms with Gasteiger partial charge in [0.25, 0.3) is 0 Å². The maximum atomic E-state index is 15.7. The number of fused-ring (bicyclic) bond motifs is 1. The van der Waals surface area contributed by atoms with E-state index >= 15 is 4.39 Å². The fourth-order valence-electron chi connectivity index (χ4n) is 5.54. The molecule has 2 aromatic carbocycles. The topological polar surface area (TPSA) is 102 Å². The average molecular weight is 517 g/mol. The van der Waals surface area contributed by atoms with Gasteiger partial charge in [-0.15, -0.1) is 0 Å². The van der Waals surface area contributed by atoms with Crippen molar-refractivity contribution < 1.29 is 14.2 Å². The van der Waals surface area contributed by atoms with E-state index < -0.39 is 5.82 Å². The summed E-state index contributed by atoms with van der Waals surface area (Å²) >= 11 is 0. The smallest absolute Gasteiger partial charge is 0.159 e. The number of benzene rings is 2. The Morgan fingerprint density at radius 1 is 1.21 bits per heavy atom. The number of phenolic OH excluding ortho intramolecular Hbond substituents is 1. The molecule has 1 fully saturated rings. The van der Waals surface area contributed by atoms with Crippen LogP contribution in [0.3, 0.4) is 0 Å². The molecule has 0 aliphatic carbocycles. The Bertz CT molecular complexity index is 1490. The molecule has 0 bridgehead atoms. The highest BCUT2D eigenvalue weighted by Crippen LogP contribution is 2.35. The molecule has 9 heteroatoms. The van der Waals surface area contributed by atoms with Crippen LogP contribution >= 0.6 is 0 Å². The van der Waals surface area contributed by atoms with Crippen LogP contribution in [-0.4, -0.2) is 75.1 Å². The van der Waals surface area contributed by atoms with Gasteiger partial charge in [-0.2, -0.15) is 5.10 Å². The summed E-state index contributed by atoms with van der Waals surface area (Å²) in [5.74, 6) is 0.409. The van der Waals surface area contributed by atoms with E-state index in [1.807, 2.05) is 19.2 Å². The summed E-state index contributed by atoms with van der Waals surface area (Å²) < 4.78 is 21.3. The van der Waals surface area contributed by atoms with Crippen LogP contribution in [0.25, 0.3) is 39.1 Å². The van der Waals surface area contributed by atoms with E-state index in [9.17, 15) is 5.11 Å². The fraction of sp³-hybridized carbons (Fsp3) is 0.379. The standard InChI is InChI=1S/C29H33FN6O2/c1-3-18-12-21(37)6-7-22(18)23-8-9-24-27(26(23)30)34-35-28(24)29-32-13-25(33-29)19-5-4-17(2)36(14-19)15-20-16-38-11-10-31-20/h5-9,12-13,17,20,31,37H,3-4,10-11,14-16H2,1-2H3,(H,32,33)(H,34,35)/t17-,20-/m0/s1. The highest BCUT2D eigenvalue weighted by atomic mass is 19.1. The van der Waals surface area contributed by atoms with Crippen LogP contribution < -0.4 is 5.32 Å². The second kappa shape index (κ2) is 10.3. The van der Waals surface area contributed by atoms with Crippen LogP contribution in [0.15, 0.2) is 42.6 Å². The van der Waals surface area contributed by atoms with Crippen molar-refractivity contribution in [2.75, 3.05) is 32.8 Å².